The van der Waals surface area contributed by atoms with Crippen molar-refractivity contribution in [1.29, 1.82) is 0 Å². The standard InChI is InChI=1S/12Li.4Nb.16O/q12*+1;4*+5;16*-2. The zero-order valence-corrected chi connectivity index (χ0v) is 29.1. The summed E-state index contributed by atoms with van der Waals surface area (Å²) in [5.74, 6) is 0. The van der Waals surface area contributed by atoms with Gasteiger partial charge >= 0.3 is 316 Å². The molecule has 0 bridgehead atoms. The molecule has 16 nitrogen and oxygen atoms in total. The van der Waals surface area contributed by atoms with Gasteiger partial charge in [-0.05, 0) is 0 Å². The molecule has 32 heavy (non-hydrogen) atoms. The summed E-state index contributed by atoms with van der Waals surface area (Å²) in [6.45, 7) is 0. The molecule has 128 valence electrons. The van der Waals surface area contributed by atoms with Crippen LogP contribution in [0.2, 0.25) is 0 Å². The molecule has 0 aromatic carbocycles. The van der Waals surface area contributed by atoms with Crippen LogP contribution in [-0.2, 0) is 177 Å². The van der Waals surface area contributed by atoms with Crippen molar-refractivity contribution in [1.82, 2.24) is 0 Å². The Kier molecular flexibility index (Phi) is 16500. The van der Waals surface area contributed by atoms with Gasteiger partial charge < -0.3 is 87.6 Å². The van der Waals surface area contributed by atoms with Gasteiger partial charge in [0.1, 0.15) is 0 Å². The van der Waals surface area contributed by atoms with Gasteiger partial charge in [-0.1, -0.05) is 0 Å². The van der Waals surface area contributed by atoms with Crippen molar-refractivity contribution in [2.75, 3.05) is 0 Å². The molecule has 0 aromatic rings. The smallest absolute Gasteiger partial charge is 2.00 e. The number of rotatable bonds is 0. The van der Waals surface area contributed by atoms with Crippen molar-refractivity contribution in [3.63, 3.8) is 0 Å². The minimum absolute atomic E-state index is 0. The van der Waals surface area contributed by atoms with Crippen molar-refractivity contribution in [3.8, 4) is 0 Å². The van der Waals surface area contributed by atoms with E-state index in [2.05, 4.69) is 0 Å². The van der Waals surface area contributed by atoms with Crippen LogP contribution in [0.25, 0.3) is 0 Å². The second-order valence-electron chi connectivity index (χ2n) is 0. The second kappa shape index (κ2) is 701. The fourth-order valence-corrected chi connectivity index (χ4v) is 0. The van der Waals surface area contributed by atoms with E-state index in [1.807, 2.05) is 0 Å². The SMILES string of the molecule is [Li+].[Li+].[Li+].[Li+].[Li+].[Li+].[Li+].[Li+].[Li+].[Li+].[Li+].[Li+].[Nb+5].[Nb+5].[Nb+5].[Nb+5].[O-2].[O-2].[O-2].[O-2].[O-2].[O-2].[O-2].[O-2].[O-2].[O-2].[O-2].[O-2].[O-2].[O-2].[O-2].[O-2]. The molecule has 0 saturated heterocycles. The fraction of sp³-hybridized carbons (Fsp3) is 0. The summed E-state index contributed by atoms with van der Waals surface area (Å²) < 4.78 is 0. The predicted molar refractivity (Wildman–Crippen MR) is 11.0 cm³/mol. The summed E-state index contributed by atoms with van der Waals surface area (Å²) in [6.07, 6.45) is 0. The first-order chi connectivity index (χ1) is 0. The maximum absolute atomic E-state index is 0. The topological polar surface area (TPSA) is 456 Å². The van der Waals surface area contributed by atoms with Crippen LogP contribution in [0, 0.1) is 0 Å². The molecule has 0 radical (unpaired) electrons. The first kappa shape index (κ1) is 755. The molecule has 0 aromatic heterocycles. The Hall–Kier alpha value is 9.49. The van der Waals surface area contributed by atoms with Gasteiger partial charge in [-0.3, -0.25) is 0 Å². The van der Waals surface area contributed by atoms with Crippen LogP contribution in [0.5, 0.6) is 0 Å². The van der Waals surface area contributed by atoms with Gasteiger partial charge in [-0.15, -0.1) is 0 Å². The Bertz CT molecular complexity index is 45.0. The zero-order chi connectivity index (χ0) is 0. The van der Waals surface area contributed by atoms with Crippen molar-refractivity contribution >= 4 is 0 Å². The van der Waals surface area contributed by atoms with Crippen LogP contribution in [0.1, 0.15) is 0 Å². The van der Waals surface area contributed by atoms with Crippen LogP contribution in [0.15, 0.2) is 0 Å². The van der Waals surface area contributed by atoms with Crippen LogP contribution in [-0.4, -0.2) is 0 Å². The molecule has 0 spiro atoms. The van der Waals surface area contributed by atoms with E-state index in [1.54, 1.807) is 0 Å². The van der Waals surface area contributed by atoms with Crippen LogP contribution in [0.3, 0.4) is 0 Å². The van der Waals surface area contributed by atoms with Crippen LogP contribution in [0.4, 0.5) is 0 Å². The molecule has 0 fully saturated rings. The monoisotopic (exact) mass is 712 g/mol. The summed E-state index contributed by atoms with van der Waals surface area (Å²) in [5.41, 5.74) is 0. The molecule has 0 heterocycles. The van der Waals surface area contributed by atoms with E-state index in [1.165, 1.54) is 0 Å². The van der Waals surface area contributed by atoms with Gasteiger partial charge in [0, 0.05) is 0 Å². The van der Waals surface area contributed by atoms with Gasteiger partial charge in [0.25, 0.3) is 0 Å². The summed E-state index contributed by atoms with van der Waals surface area (Å²) in [6, 6.07) is 0. The van der Waals surface area contributed by atoms with Gasteiger partial charge in [0.05, 0.1) is 0 Å². The van der Waals surface area contributed by atoms with Gasteiger partial charge in [-0.25, -0.2) is 0 Å². The maximum Gasteiger partial charge on any atom is 5.00 e. The van der Waals surface area contributed by atoms with Crippen molar-refractivity contribution < 1.29 is 403 Å². The minimum atomic E-state index is 0. The average molecular weight is 711 g/mol. The maximum atomic E-state index is 0. The Balaban J connectivity index is 0. The Labute approximate surface area is 395 Å². The third kappa shape index (κ3) is 650. The van der Waals surface area contributed by atoms with Gasteiger partial charge in [0.2, 0.25) is 0 Å². The fourth-order valence-electron chi connectivity index (χ4n) is 0. The molecule has 0 aliphatic heterocycles. The Morgan fingerprint density at radius 3 is 0.0938 bits per heavy atom. The number of hydrogen-bond donors (Lipinski definition) is 0. The molecule has 0 aliphatic carbocycles. The largest absolute Gasteiger partial charge is 5.00 e. The predicted octanol–water partition coefficient (Wildman–Crippen LogP) is -37.9. The molecule has 0 N–H and O–H groups in total. The number of hydrogen-bond acceptors (Lipinski definition) is 0. The van der Waals surface area contributed by atoms with E-state index >= 15 is 0 Å². The normalized spacial score (nSPS) is 0. The molecule has 0 unspecified atom stereocenters. The minimum Gasteiger partial charge on any atom is -2.00 e. The summed E-state index contributed by atoms with van der Waals surface area (Å²) >= 11 is 0. The van der Waals surface area contributed by atoms with E-state index in [4.69, 9.17) is 0 Å². The van der Waals surface area contributed by atoms with E-state index in [9.17, 15) is 0 Å². The van der Waals surface area contributed by atoms with E-state index in [0.29, 0.717) is 0 Å². The molecule has 0 rings (SSSR count). The molecular weight excluding hydrogens is 711 g/mol. The average Bonchev–Trinajstić information content (AvgIpc) is 0. The molecule has 0 amide bonds. The molecule has 0 aliphatic rings. The quantitative estimate of drug-likeness (QED) is 0.211. The second-order valence-corrected chi connectivity index (χ2v) is 0. The molecular formula is Li12Nb4O16. The summed E-state index contributed by atoms with van der Waals surface area (Å²) in [4.78, 5) is 0. The van der Waals surface area contributed by atoms with Crippen molar-refractivity contribution in [2.45, 2.75) is 0 Å². The zero-order valence-electron chi connectivity index (χ0n) is 20.3. The summed E-state index contributed by atoms with van der Waals surface area (Å²) in [7, 11) is 0. The van der Waals surface area contributed by atoms with Gasteiger partial charge in [0.15, 0.2) is 0 Å². The molecule has 0 saturated carbocycles. The first-order valence-electron chi connectivity index (χ1n) is 0. The summed E-state index contributed by atoms with van der Waals surface area (Å²) in [5, 5.41) is 0. The Morgan fingerprint density at radius 2 is 0.0938 bits per heavy atom. The van der Waals surface area contributed by atoms with E-state index < -0.39 is 0 Å². The van der Waals surface area contributed by atoms with Crippen LogP contribution >= 0.6 is 0 Å². The Morgan fingerprint density at radius 1 is 0.0938 bits per heavy atom. The van der Waals surface area contributed by atoms with E-state index in [0.717, 1.165) is 0 Å². The molecule has 0 atom stereocenters. The third-order valence-electron chi connectivity index (χ3n) is 0. The van der Waals surface area contributed by atoms with E-state index in [-0.39, 0.29) is 403 Å². The van der Waals surface area contributed by atoms with Crippen molar-refractivity contribution in [2.24, 2.45) is 0 Å². The molecule has 32 heteroatoms. The van der Waals surface area contributed by atoms with Crippen LogP contribution < -0.4 is 226 Å². The third-order valence-corrected chi connectivity index (χ3v) is 0. The van der Waals surface area contributed by atoms with Crippen molar-refractivity contribution in [3.05, 3.63) is 0 Å². The first-order valence-corrected chi connectivity index (χ1v) is 0. The van der Waals surface area contributed by atoms with Gasteiger partial charge in [-0.2, -0.15) is 0 Å².